The zero-order valence-corrected chi connectivity index (χ0v) is 19.8. The van der Waals surface area contributed by atoms with Gasteiger partial charge in [0.15, 0.2) is 5.82 Å². The average Bonchev–Trinajstić information content (AvgIpc) is 3.08. The van der Waals surface area contributed by atoms with Crippen molar-refractivity contribution in [2.24, 2.45) is 0 Å². The van der Waals surface area contributed by atoms with Crippen LogP contribution in [0.1, 0.15) is 43.6 Å². The summed E-state index contributed by atoms with van der Waals surface area (Å²) in [5.74, 6) is 6.80. The molecule has 170 valence electrons. The Hall–Kier alpha value is -2.78. The molecular weight excluding hydrogens is 453 g/mol. The van der Waals surface area contributed by atoms with Crippen LogP contribution in [-0.4, -0.2) is 26.0 Å². The molecule has 1 unspecified atom stereocenters. The number of aryl methyl sites for hydroxylation is 1. The van der Waals surface area contributed by atoms with Crippen molar-refractivity contribution in [1.29, 1.82) is 0 Å². The van der Waals surface area contributed by atoms with E-state index in [1.165, 1.54) is 22.9 Å². The van der Waals surface area contributed by atoms with Crippen LogP contribution in [0.5, 0.6) is 5.75 Å². The summed E-state index contributed by atoms with van der Waals surface area (Å²) >= 11 is 6.91. The number of hydrogen-bond donors (Lipinski definition) is 2. The molecule has 32 heavy (non-hydrogen) atoms. The van der Waals surface area contributed by atoms with Gasteiger partial charge in [0.05, 0.1) is 10.3 Å². The van der Waals surface area contributed by atoms with Gasteiger partial charge in [0.1, 0.15) is 18.2 Å². The SMILES string of the molecule is Cc1ccc(C(C)C)c(OCc2nnc(SC(C)C(=O)Nc3ccc(F)c(Cl)c3)n2N)c1. The molecular formula is C22H25ClFN5O2S. The number of nitrogens with one attached hydrogen (secondary N) is 1. The smallest absolute Gasteiger partial charge is 0.237 e. The lowest BCUT2D eigenvalue weighted by molar-refractivity contribution is -0.115. The van der Waals surface area contributed by atoms with Crippen molar-refractivity contribution >= 4 is 35.0 Å². The lowest BCUT2D eigenvalue weighted by atomic mass is 10.0. The summed E-state index contributed by atoms with van der Waals surface area (Å²) in [6.07, 6.45) is 0. The predicted octanol–water partition coefficient (Wildman–Crippen LogP) is 4.91. The second kappa shape index (κ2) is 10.2. The third-order valence-corrected chi connectivity index (χ3v) is 6.07. The van der Waals surface area contributed by atoms with Crippen LogP contribution in [0, 0.1) is 12.7 Å². The predicted molar refractivity (Wildman–Crippen MR) is 125 cm³/mol. The lowest BCUT2D eigenvalue weighted by Crippen LogP contribution is -2.24. The Morgan fingerprint density at radius 3 is 2.69 bits per heavy atom. The molecule has 1 aromatic heterocycles. The number of carbonyl (C=O) groups excluding carboxylic acids is 1. The molecule has 3 N–H and O–H groups in total. The minimum Gasteiger partial charge on any atom is -0.485 e. The van der Waals surface area contributed by atoms with Gasteiger partial charge < -0.3 is 15.9 Å². The van der Waals surface area contributed by atoms with E-state index in [1.54, 1.807) is 6.92 Å². The van der Waals surface area contributed by atoms with Gasteiger partial charge in [0.25, 0.3) is 0 Å². The maximum atomic E-state index is 13.3. The highest BCUT2D eigenvalue weighted by Gasteiger charge is 2.20. The van der Waals surface area contributed by atoms with Gasteiger partial charge >= 0.3 is 0 Å². The maximum absolute atomic E-state index is 13.3. The molecule has 0 bridgehead atoms. The van der Waals surface area contributed by atoms with Crippen LogP contribution in [0.2, 0.25) is 5.02 Å². The third-order valence-electron chi connectivity index (χ3n) is 4.72. The van der Waals surface area contributed by atoms with Crippen molar-refractivity contribution < 1.29 is 13.9 Å². The minimum absolute atomic E-state index is 0.0660. The molecule has 0 radical (unpaired) electrons. The Morgan fingerprint density at radius 2 is 2.00 bits per heavy atom. The molecule has 1 atom stereocenters. The molecule has 0 aliphatic rings. The molecule has 0 aliphatic carbocycles. The van der Waals surface area contributed by atoms with E-state index in [9.17, 15) is 9.18 Å². The molecule has 3 rings (SSSR count). The normalized spacial score (nSPS) is 12.1. The standard InChI is InChI=1S/C22H25ClFN5O2S/c1-12(2)16-7-5-13(3)9-19(16)31-11-20-27-28-22(29(20)25)32-14(4)21(30)26-15-6-8-18(24)17(23)10-15/h5-10,12,14H,11,25H2,1-4H3,(H,26,30). The van der Waals surface area contributed by atoms with Gasteiger partial charge in [-0.2, -0.15) is 0 Å². The third kappa shape index (κ3) is 5.72. The molecule has 1 heterocycles. The summed E-state index contributed by atoms with van der Waals surface area (Å²) in [5.41, 5.74) is 2.59. The van der Waals surface area contributed by atoms with Crippen molar-refractivity contribution in [3.05, 3.63) is 64.2 Å². The number of halogens is 2. The summed E-state index contributed by atoms with van der Waals surface area (Å²) in [7, 11) is 0. The average molecular weight is 478 g/mol. The van der Waals surface area contributed by atoms with Crippen LogP contribution < -0.4 is 15.9 Å². The number of anilines is 1. The summed E-state index contributed by atoms with van der Waals surface area (Å²) in [6, 6.07) is 10.1. The number of nitrogens with zero attached hydrogens (tertiary/aromatic N) is 3. The molecule has 1 amide bonds. The summed E-state index contributed by atoms with van der Waals surface area (Å²) < 4.78 is 20.6. The second-order valence-electron chi connectivity index (χ2n) is 7.63. The van der Waals surface area contributed by atoms with Gasteiger partial charge in [0.2, 0.25) is 11.1 Å². The number of rotatable bonds is 8. The fourth-order valence-corrected chi connectivity index (χ4v) is 3.87. The van der Waals surface area contributed by atoms with Gasteiger partial charge in [-0.1, -0.05) is 49.3 Å². The Bertz CT molecular complexity index is 1120. The molecule has 3 aromatic rings. The first-order valence-corrected chi connectivity index (χ1v) is 11.3. The van der Waals surface area contributed by atoms with E-state index in [1.807, 2.05) is 13.0 Å². The van der Waals surface area contributed by atoms with Crippen LogP contribution in [0.15, 0.2) is 41.6 Å². The first-order chi connectivity index (χ1) is 15.2. The molecule has 0 spiro atoms. The molecule has 0 fully saturated rings. The number of benzene rings is 2. The number of ether oxygens (including phenoxy) is 1. The number of nitrogen functional groups attached to an aromatic ring is 1. The zero-order valence-electron chi connectivity index (χ0n) is 18.2. The Balaban J connectivity index is 1.64. The van der Waals surface area contributed by atoms with Crippen molar-refractivity contribution in [3.63, 3.8) is 0 Å². The topological polar surface area (TPSA) is 95.1 Å². The van der Waals surface area contributed by atoms with Crippen molar-refractivity contribution in [3.8, 4) is 5.75 Å². The van der Waals surface area contributed by atoms with E-state index in [0.29, 0.717) is 22.6 Å². The minimum atomic E-state index is -0.552. The number of hydrogen-bond acceptors (Lipinski definition) is 6. The lowest BCUT2D eigenvalue weighted by Gasteiger charge is -2.15. The highest BCUT2D eigenvalue weighted by molar-refractivity contribution is 8.00. The summed E-state index contributed by atoms with van der Waals surface area (Å²) in [5, 5.41) is 10.6. The van der Waals surface area contributed by atoms with Gasteiger partial charge in [-0.3, -0.25) is 4.79 Å². The Labute approximate surface area is 195 Å². The summed E-state index contributed by atoms with van der Waals surface area (Å²) in [6.45, 7) is 8.05. The van der Waals surface area contributed by atoms with Crippen LogP contribution in [0.4, 0.5) is 10.1 Å². The number of aromatic nitrogens is 3. The van der Waals surface area contributed by atoms with Crippen LogP contribution in [-0.2, 0) is 11.4 Å². The second-order valence-corrected chi connectivity index (χ2v) is 9.35. The highest BCUT2D eigenvalue weighted by atomic mass is 35.5. The molecule has 10 heteroatoms. The van der Waals surface area contributed by atoms with Crippen molar-refractivity contribution in [2.75, 3.05) is 11.2 Å². The van der Waals surface area contributed by atoms with E-state index >= 15 is 0 Å². The van der Waals surface area contributed by atoms with Gasteiger partial charge in [-0.15, -0.1) is 10.2 Å². The monoisotopic (exact) mass is 477 g/mol. The van der Waals surface area contributed by atoms with Crippen LogP contribution >= 0.6 is 23.4 Å². The largest absolute Gasteiger partial charge is 0.485 e. The van der Waals surface area contributed by atoms with Crippen molar-refractivity contribution in [1.82, 2.24) is 14.9 Å². The number of thioether (sulfide) groups is 1. The van der Waals surface area contributed by atoms with Gasteiger partial charge in [-0.25, -0.2) is 9.07 Å². The number of carbonyl (C=O) groups is 1. The molecule has 0 aliphatic heterocycles. The Kier molecular flexibility index (Phi) is 7.63. The molecule has 0 saturated carbocycles. The fourth-order valence-electron chi connectivity index (χ4n) is 2.90. The Morgan fingerprint density at radius 1 is 1.25 bits per heavy atom. The molecule has 0 saturated heterocycles. The number of nitrogens with two attached hydrogens (primary N) is 1. The van der Waals surface area contributed by atoms with E-state index in [0.717, 1.165) is 28.6 Å². The summed E-state index contributed by atoms with van der Waals surface area (Å²) in [4.78, 5) is 12.5. The maximum Gasteiger partial charge on any atom is 0.237 e. The van der Waals surface area contributed by atoms with E-state index < -0.39 is 11.1 Å². The van der Waals surface area contributed by atoms with E-state index in [4.69, 9.17) is 22.2 Å². The quantitative estimate of drug-likeness (QED) is 0.353. The molecule has 7 nitrogen and oxygen atoms in total. The first-order valence-electron chi connectivity index (χ1n) is 10.0. The van der Waals surface area contributed by atoms with Crippen molar-refractivity contribution in [2.45, 2.75) is 50.6 Å². The number of amides is 1. The van der Waals surface area contributed by atoms with Crippen LogP contribution in [0.3, 0.4) is 0 Å². The highest BCUT2D eigenvalue weighted by Crippen LogP contribution is 2.29. The van der Waals surface area contributed by atoms with Crippen LogP contribution in [0.25, 0.3) is 0 Å². The zero-order chi connectivity index (χ0) is 23.4. The van der Waals surface area contributed by atoms with E-state index in [2.05, 4.69) is 41.5 Å². The first kappa shape index (κ1) is 23.9. The van der Waals surface area contributed by atoms with Gasteiger partial charge in [-0.05, 0) is 55.2 Å². The van der Waals surface area contributed by atoms with E-state index in [-0.39, 0.29) is 17.5 Å². The molecule has 2 aromatic carbocycles. The fraction of sp³-hybridized carbons (Fsp3) is 0.318. The van der Waals surface area contributed by atoms with Gasteiger partial charge in [0, 0.05) is 5.69 Å².